The van der Waals surface area contributed by atoms with Gasteiger partial charge in [-0.25, -0.2) is 0 Å². The topological polar surface area (TPSA) is 58.6 Å². The first-order chi connectivity index (χ1) is 12.4. The maximum absolute atomic E-state index is 12.1. The Morgan fingerprint density at radius 2 is 1.88 bits per heavy atom. The third kappa shape index (κ3) is 5.93. The van der Waals surface area contributed by atoms with Gasteiger partial charge in [-0.3, -0.25) is 9.59 Å². The van der Waals surface area contributed by atoms with Gasteiger partial charge in [0.2, 0.25) is 5.91 Å². The van der Waals surface area contributed by atoms with Crippen LogP contribution in [-0.2, 0) is 16.1 Å². The first kappa shape index (κ1) is 20.1. The molecule has 5 nitrogen and oxygen atoms in total. The molecule has 0 saturated heterocycles. The molecule has 0 atom stereocenters. The number of anilines is 1. The summed E-state index contributed by atoms with van der Waals surface area (Å²) in [4.78, 5) is 25.3. The maximum atomic E-state index is 12.1. The van der Waals surface area contributed by atoms with Crippen molar-refractivity contribution in [2.45, 2.75) is 20.4 Å². The minimum atomic E-state index is -0.299. The van der Waals surface area contributed by atoms with Crippen LogP contribution >= 0.6 is 23.2 Å². The van der Waals surface area contributed by atoms with Crippen LogP contribution in [0.15, 0.2) is 42.5 Å². The van der Waals surface area contributed by atoms with Gasteiger partial charge < -0.3 is 15.0 Å². The van der Waals surface area contributed by atoms with E-state index in [1.165, 1.54) is 6.92 Å². The summed E-state index contributed by atoms with van der Waals surface area (Å²) in [5.41, 5.74) is 1.58. The molecule has 2 amide bonds. The van der Waals surface area contributed by atoms with Gasteiger partial charge in [0.15, 0.2) is 6.61 Å². The van der Waals surface area contributed by atoms with E-state index in [4.69, 9.17) is 27.9 Å². The lowest BCUT2D eigenvalue weighted by molar-refractivity contribution is -0.129. The minimum Gasteiger partial charge on any atom is -0.484 e. The summed E-state index contributed by atoms with van der Waals surface area (Å²) in [5, 5.41) is 3.56. The van der Waals surface area contributed by atoms with E-state index < -0.39 is 0 Å². The third-order valence-corrected chi connectivity index (χ3v) is 4.41. The van der Waals surface area contributed by atoms with Crippen LogP contribution in [0.5, 0.6) is 5.75 Å². The smallest absolute Gasteiger partial charge is 0.262 e. The molecule has 138 valence electrons. The number of carbonyl (C=O) groups excluding carboxylic acids is 2. The minimum absolute atomic E-state index is 0.0111. The van der Waals surface area contributed by atoms with Crippen LogP contribution in [0.3, 0.4) is 0 Å². The van der Waals surface area contributed by atoms with E-state index in [0.29, 0.717) is 34.6 Å². The Morgan fingerprint density at radius 1 is 1.12 bits per heavy atom. The van der Waals surface area contributed by atoms with Gasteiger partial charge in [-0.05, 0) is 36.8 Å². The number of rotatable bonds is 7. The van der Waals surface area contributed by atoms with Crippen molar-refractivity contribution < 1.29 is 14.3 Å². The Kier molecular flexibility index (Phi) is 7.30. The largest absolute Gasteiger partial charge is 0.484 e. The highest BCUT2D eigenvalue weighted by Crippen LogP contribution is 2.26. The molecule has 0 unspecified atom stereocenters. The molecule has 0 aliphatic heterocycles. The molecule has 26 heavy (non-hydrogen) atoms. The number of amides is 2. The normalized spacial score (nSPS) is 10.3. The van der Waals surface area contributed by atoms with Crippen LogP contribution in [0.2, 0.25) is 10.0 Å². The lowest BCUT2D eigenvalue weighted by Gasteiger charge is -2.19. The molecular weight excluding hydrogens is 375 g/mol. The number of carbonyl (C=O) groups is 2. The zero-order chi connectivity index (χ0) is 19.1. The fourth-order valence-corrected chi connectivity index (χ4v) is 2.61. The molecule has 2 rings (SSSR count). The van der Waals surface area contributed by atoms with Gasteiger partial charge in [0.25, 0.3) is 5.91 Å². The summed E-state index contributed by atoms with van der Waals surface area (Å²) < 4.78 is 5.41. The van der Waals surface area contributed by atoms with Crippen molar-refractivity contribution in [3.63, 3.8) is 0 Å². The second-order valence-electron chi connectivity index (χ2n) is 5.65. The van der Waals surface area contributed by atoms with Crippen molar-refractivity contribution in [3.05, 3.63) is 58.1 Å². The molecule has 0 saturated carbocycles. The number of benzene rings is 2. The van der Waals surface area contributed by atoms with Gasteiger partial charge in [0.05, 0.1) is 10.0 Å². The fourth-order valence-electron chi connectivity index (χ4n) is 2.33. The number of hydrogen-bond acceptors (Lipinski definition) is 3. The Labute approximate surface area is 162 Å². The first-order valence-electron chi connectivity index (χ1n) is 8.11. The molecule has 7 heteroatoms. The number of hydrogen-bond donors (Lipinski definition) is 1. The molecule has 0 aliphatic rings. The van der Waals surface area contributed by atoms with Gasteiger partial charge in [0.1, 0.15) is 5.75 Å². The van der Waals surface area contributed by atoms with Crippen molar-refractivity contribution >= 4 is 40.7 Å². The van der Waals surface area contributed by atoms with Crippen LogP contribution in [0.4, 0.5) is 5.69 Å². The van der Waals surface area contributed by atoms with E-state index in [1.807, 2.05) is 25.1 Å². The van der Waals surface area contributed by atoms with Crippen molar-refractivity contribution in [2.24, 2.45) is 0 Å². The zero-order valence-electron chi connectivity index (χ0n) is 14.6. The molecule has 2 aromatic carbocycles. The SMILES string of the molecule is CCN(Cc1cccc(NC(=O)COc2ccc(Cl)c(Cl)c2)c1)C(C)=O. The predicted molar refractivity (Wildman–Crippen MR) is 104 cm³/mol. The zero-order valence-corrected chi connectivity index (χ0v) is 16.1. The van der Waals surface area contributed by atoms with Crippen LogP contribution < -0.4 is 10.1 Å². The van der Waals surface area contributed by atoms with Crippen LogP contribution in [0, 0.1) is 0 Å². The van der Waals surface area contributed by atoms with E-state index in [9.17, 15) is 9.59 Å². The summed E-state index contributed by atoms with van der Waals surface area (Å²) in [6.45, 7) is 4.43. The van der Waals surface area contributed by atoms with Crippen molar-refractivity contribution in [1.82, 2.24) is 4.90 Å². The summed E-state index contributed by atoms with van der Waals surface area (Å²) in [6, 6.07) is 12.2. The predicted octanol–water partition coefficient (Wildman–Crippen LogP) is 4.38. The first-order valence-corrected chi connectivity index (χ1v) is 8.86. The highest BCUT2D eigenvalue weighted by atomic mass is 35.5. The standard InChI is InChI=1S/C19H20Cl2N2O3/c1-3-23(13(2)24)11-14-5-4-6-15(9-14)22-19(25)12-26-16-7-8-17(20)18(21)10-16/h4-10H,3,11-12H2,1-2H3,(H,22,25). The third-order valence-electron chi connectivity index (χ3n) is 3.67. The number of nitrogens with zero attached hydrogens (tertiary/aromatic N) is 1. The van der Waals surface area contributed by atoms with E-state index in [2.05, 4.69) is 5.32 Å². The van der Waals surface area contributed by atoms with Gasteiger partial charge in [-0.2, -0.15) is 0 Å². The number of nitrogens with one attached hydrogen (secondary N) is 1. The highest BCUT2D eigenvalue weighted by Gasteiger charge is 2.09. The van der Waals surface area contributed by atoms with Gasteiger partial charge >= 0.3 is 0 Å². The monoisotopic (exact) mass is 394 g/mol. The fraction of sp³-hybridized carbons (Fsp3) is 0.263. The van der Waals surface area contributed by atoms with E-state index in [0.717, 1.165) is 5.56 Å². The van der Waals surface area contributed by atoms with Crippen molar-refractivity contribution in [1.29, 1.82) is 0 Å². The molecule has 2 aromatic rings. The molecule has 0 aromatic heterocycles. The average molecular weight is 395 g/mol. The van der Waals surface area contributed by atoms with Gasteiger partial charge in [-0.15, -0.1) is 0 Å². The van der Waals surface area contributed by atoms with Gasteiger partial charge in [0, 0.05) is 31.8 Å². The second-order valence-corrected chi connectivity index (χ2v) is 6.46. The van der Waals surface area contributed by atoms with Crippen molar-refractivity contribution in [3.8, 4) is 5.75 Å². The maximum Gasteiger partial charge on any atom is 0.262 e. The molecule has 0 radical (unpaired) electrons. The molecule has 0 aliphatic carbocycles. The molecule has 0 heterocycles. The van der Waals surface area contributed by atoms with Crippen molar-refractivity contribution in [2.75, 3.05) is 18.5 Å². The number of ether oxygens (including phenoxy) is 1. The Morgan fingerprint density at radius 3 is 2.54 bits per heavy atom. The summed E-state index contributed by atoms with van der Waals surface area (Å²) in [5.74, 6) is 0.174. The van der Waals surface area contributed by atoms with Crippen LogP contribution in [-0.4, -0.2) is 29.9 Å². The van der Waals surface area contributed by atoms with E-state index in [-0.39, 0.29) is 18.4 Å². The van der Waals surface area contributed by atoms with Crippen LogP contribution in [0.25, 0.3) is 0 Å². The summed E-state index contributed by atoms with van der Waals surface area (Å²) in [6.07, 6.45) is 0. The second kappa shape index (κ2) is 9.46. The lowest BCUT2D eigenvalue weighted by Crippen LogP contribution is -2.27. The molecule has 1 N–H and O–H groups in total. The highest BCUT2D eigenvalue weighted by molar-refractivity contribution is 6.42. The van der Waals surface area contributed by atoms with Gasteiger partial charge in [-0.1, -0.05) is 35.3 Å². The lowest BCUT2D eigenvalue weighted by atomic mass is 10.2. The quantitative estimate of drug-likeness (QED) is 0.757. The number of halogens is 2. The Balaban J connectivity index is 1.93. The molecule has 0 bridgehead atoms. The van der Waals surface area contributed by atoms with Crippen LogP contribution in [0.1, 0.15) is 19.4 Å². The Bertz CT molecular complexity index is 796. The van der Waals surface area contributed by atoms with E-state index in [1.54, 1.807) is 29.2 Å². The van der Waals surface area contributed by atoms with E-state index >= 15 is 0 Å². The average Bonchev–Trinajstić information content (AvgIpc) is 2.60. The Hall–Kier alpha value is -2.24. The summed E-state index contributed by atoms with van der Waals surface area (Å²) in [7, 11) is 0. The molecular formula is C19H20Cl2N2O3. The molecule has 0 spiro atoms. The molecule has 0 fully saturated rings. The summed E-state index contributed by atoms with van der Waals surface area (Å²) >= 11 is 11.8.